The van der Waals surface area contributed by atoms with Crippen molar-refractivity contribution in [2.45, 2.75) is 43.7 Å². The van der Waals surface area contributed by atoms with E-state index in [1.165, 1.54) is 18.2 Å². The van der Waals surface area contributed by atoms with Crippen LogP contribution in [0.5, 0.6) is 0 Å². The maximum atomic E-state index is 10.7. The summed E-state index contributed by atoms with van der Waals surface area (Å²) >= 11 is 1.39. The smallest absolute Gasteiger partial charge is 0.316 e. The second-order valence-corrected chi connectivity index (χ2v) is 5.26. The van der Waals surface area contributed by atoms with Crippen LogP contribution in [0, 0.1) is 0 Å². The van der Waals surface area contributed by atoms with Gasteiger partial charge in [-0.3, -0.25) is 4.79 Å². The Labute approximate surface area is 98.3 Å². The van der Waals surface area contributed by atoms with Crippen LogP contribution in [0.2, 0.25) is 0 Å². The third-order valence-corrected chi connectivity index (χ3v) is 3.87. The van der Waals surface area contributed by atoms with E-state index in [0.29, 0.717) is 5.75 Å². The number of thioether (sulfide) groups is 1. The maximum Gasteiger partial charge on any atom is 0.316 e. The van der Waals surface area contributed by atoms with Crippen LogP contribution in [0.15, 0.2) is 0 Å². The molecule has 2 rings (SSSR count). The average molecular weight is 241 g/mol. The second kappa shape index (κ2) is 4.86. The Morgan fingerprint density at radius 2 is 2.38 bits per heavy atom. The number of carbonyl (C=O) groups is 1. The van der Waals surface area contributed by atoms with Gasteiger partial charge < -0.3 is 9.67 Å². The summed E-state index contributed by atoms with van der Waals surface area (Å²) in [6.07, 6.45) is 3.33. The van der Waals surface area contributed by atoms with E-state index in [0.717, 1.165) is 31.0 Å². The monoisotopic (exact) mass is 241 g/mol. The molecule has 0 spiro atoms. The summed E-state index contributed by atoms with van der Waals surface area (Å²) in [7, 11) is 0. The van der Waals surface area contributed by atoms with Crippen LogP contribution in [-0.4, -0.2) is 31.1 Å². The Morgan fingerprint density at radius 1 is 1.56 bits per heavy atom. The van der Waals surface area contributed by atoms with Crippen molar-refractivity contribution in [3.63, 3.8) is 0 Å². The Bertz CT molecular complexity index is 391. The maximum absolute atomic E-state index is 10.7. The minimum atomic E-state index is -0.775. The van der Waals surface area contributed by atoms with Gasteiger partial charge in [-0.15, -0.1) is 22.0 Å². The zero-order chi connectivity index (χ0) is 11.5. The first kappa shape index (κ1) is 11.4. The minimum absolute atomic E-state index is 0.392. The van der Waals surface area contributed by atoms with E-state index >= 15 is 0 Å². The summed E-state index contributed by atoms with van der Waals surface area (Å²) in [5.41, 5.74) is 0. The van der Waals surface area contributed by atoms with Gasteiger partial charge in [0.15, 0.2) is 0 Å². The molecular weight excluding hydrogens is 226 g/mol. The highest BCUT2D eigenvalue weighted by Gasteiger charge is 2.18. The van der Waals surface area contributed by atoms with Crippen LogP contribution in [-0.2, 0) is 23.5 Å². The zero-order valence-corrected chi connectivity index (χ0v) is 10.0. The highest BCUT2D eigenvalue weighted by Crippen LogP contribution is 2.20. The fourth-order valence-electron chi connectivity index (χ4n) is 1.75. The number of nitrogens with zero attached hydrogens (tertiary/aromatic N) is 3. The quantitative estimate of drug-likeness (QED) is 0.861. The predicted molar refractivity (Wildman–Crippen MR) is 61.4 cm³/mol. The van der Waals surface area contributed by atoms with Gasteiger partial charge in [-0.25, -0.2) is 0 Å². The first-order valence-corrected chi connectivity index (χ1v) is 6.48. The van der Waals surface area contributed by atoms with Crippen molar-refractivity contribution < 1.29 is 9.90 Å². The van der Waals surface area contributed by atoms with E-state index in [1.807, 2.05) is 0 Å². The second-order valence-electron chi connectivity index (χ2n) is 3.93. The van der Waals surface area contributed by atoms with Crippen molar-refractivity contribution in [3.05, 3.63) is 11.6 Å². The van der Waals surface area contributed by atoms with Crippen LogP contribution in [0.3, 0.4) is 0 Å². The molecule has 1 N–H and O–H groups in total. The van der Waals surface area contributed by atoms with Gasteiger partial charge in [-0.05, 0) is 19.8 Å². The number of aliphatic carboxylic acids is 1. The van der Waals surface area contributed by atoms with Gasteiger partial charge in [-0.1, -0.05) is 0 Å². The van der Waals surface area contributed by atoms with Crippen molar-refractivity contribution in [2.75, 3.05) is 0 Å². The zero-order valence-electron chi connectivity index (χ0n) is 9.22. The van der Waals surface area contributed by atoms with Crippen LogP contribution in [0.4, 0.5) is 0 Å². The fourth-order valence-corrected chi connectivity index (χ4v) is 2.50. The average Bonchev–Trinajstić information content (AvgIpc) is 2.69. The van der Waals surface area contributed by atoms with Crippen LogP contribution in [0.25, 0.3) is 0 Å². The molecule has 0 aromatic carbocycles. The van der Waals surface area contributed by atoms with Crippen molar-refractivity contribution >= 4 is 17.7 Å². The highest BCUT2D eigenvalue weighted by atomic mass is 32.2. The molecule has 0 amide bonds. The fraction of sp³-hybridized carbons (Fsp3) is 0.700. The number of hydrogen-bond acceptors (Lipinski definition) is 4. The number of carboxylic acids is 1. The van der Waals surface area contributed by atoms with Gasteiger partial charge in [0, 0.05) is 13.0 Å². The first-order valence-electron chi connectivity index (χ1n) is 5.44. The van der Waals surface area contributed by atoms with Gasteiger partial charge in [-0.2, -0.15) is 0 Å². The van der Waals surface area contributed by atoms with E-state index in [-0.39, 0.29) is 0 Å². The van der Waals surface area contributed by atoms with Crippen molar-refractivity contribution in [1.82, 2.24) is 14.8 Å². The number of hydrogen-bond donors (Lipinski definition) is 1. The lowest BCUT2D eigenvalue weighted by Crippen LogP contribution is -2.15. The van der Waals surface area contributed by atoms with Gasteiger partial charge in [0.25, 0.3) is 0 Å². The van der Waals surface area contributed by atoms with E-state index < -0.39 is 11.2 Å². The van der Waals surface area contributed by atoms with Crippen molar-refractivity contribution in [1.29, 1.82) is 0 Å². The normalized spacial score (nSPS) is 16.8. The van der Waals surface area contributed by atoms with Gasteiger partial charge in [0.1, 0.15) is 11.6 Å². The number of aromatic nitrogens is 3. The van der Waals surface area contributed by atoms with Crippen LogP contribution >= 0.6 is 11.8 Å². The highest BCUT2D eigenvalue weighted by molar-refractivity contribution is 7.99. The molecule has 88 valence electrons. The molecule has 1 aliphatic rings. The van der Waals surface area contributed by atoms with Gasteiger partial charge >= 0.3 is 5.97 Å². The third-order valence-electron chi connectivity index (χ3n) is 2.75. The standard InChI is InChI=1S/C10H15N3O2S/c1-7(10(14)15)16-6-9-12-11-8-4-2-3-5-13(8)9/h7H,2-6H2,1H3,(H,14,15). The van der Waals surface area contributed by atoms with Gasteiger partial charge in [0.05, 0.1) is 11.0 Å². The Kier molecular flexibility index (Phi) is 3.48. The summed E-state index contributed by atoms with van der Waals surface area (Å²) in [6.45, 7) is 2.67. The third kappa shape index (κ3) is 2.37. The predicted octanol–water partition coefficient (Wildman–Crippen LogP) is 1.32. The molecule has 1 atom stereocenters. The summed E-state index contributed by atoms with van der Waals surface area (Å²) < 4.78 is 2.13. The first-order chi connectivity index (χ1) is 7.68. The Morgan fingerprint density at radius 3 is 3.12 bits per heavy atom. The molecule has 1 aliphatic heterocycles. The molecule has 0 saturated carbocycles. The van der Waals surface area contributed by atoms with E-state index in [1.54, 1.807) is 6.92 Å². The van der Waals surface area contributed by atoms with Crippen LogP contribution < -0.4 is 0 Å². The number of fused-ring (bicyclic) bond motifs is 1. The molecule has 16 heavy (non-hydrogen) atoms. The molecule has 2 heterocycles. The van der Waals surface area contributed by atoms with Crippen molar-refractivity contribution in [2.24, 2.45) is 0 Å². The summed E-state index contributed by atoms with van der Waals surface area (Å²) in [5, 5.41) is 16.7. The lowest BCUT2D eigenvalue weighted by Gasteiger charge is -2.14. The molecule has 0 fully saturated rings. The molecule has 0 aliphatic carbocycles. The summed E-state index contributed by atoms with van der Waals surface area (Å²) in [5.74, 6) is 1.81. The lowest BCUT2D eigenvalue weighted by molar-refractivity contribution is -0.136. The largest absolute Gasteiger partial charge is 0.480 e. The van der Waals surface area contributed by atoms with E-state index in [2.05, 4.69) is 14.8 Å². The number of rotatable bonds is 4. The van der Waals surface area contributed by atoms with E-state index in [4.69, 9.17) is 5.11 Å². The van der Waals surface area contributed by atoms with E-state index in [9.17, 15) is 4.79 Å². The molecule has 0 radical (unpaired) electrons. The molecular formula is C10H15N3O2S. The van der Waals surface area contributed by atoms with Crippen LogP contribution in [0.1, 0.15) is 31.4 Å². The minimum Gasteiger partial charge on any atom is -0.480 e. The lowest BCUT2D eigenvalue weighted by atomic mass is 10.2. The Hall–Kier alpha value is -1.04. The number of aryl methyl sites for hydroxylation is 1. The molecule has 0 saturated heterocycles. The molecule has 1 aromatic rings. The molecule has 1 unspecified atom stereocenters. The SMILES string of the molecule is CC(SCc1nnc2n1CCCC2)C(=O)O. The molecule has 0 bridgehead atoms. The summed E-state index contributed by atoms with van der Waals surface area (Å²) in [6, 6.07) is 0. The topological polar surface area (TPSA) is 68.0 Å². The molecule has 6 heteroatoms. The molecule has 5 nitrogen and oxygen atoms in total. The van der Waals surface area contributed by atoms with Gasteiger partial charge in [0.2, 0.25) is 0 Å². The Balaban J connectivity index is 1.99. The number of carboxylic acid groups (broad SMARTS) is 1. The summed E-state index contributed by atoms with van der Waals surface area (Å²) in [4.78, 5) is 10.7. The van der Waals surface area contributed by atoms with Crippen molar-refractivity contribution in [3.8, 4) is 0 Å². The molecule has 1 aromatic heterocycles.